The number of thiazole rings is 1. The smallest absolute Gasteiger partial charge is 0.188 e. The second-order valence-corrected chi connectivity index (χ2v) is 6.63. The van der Waals surface area contributed by atoms with E-state index in [1.54, 1.807) is 12.1 Å². The number of anilines is 2. The normalized spacial score (nSPS) is 10.8. The van der Waals surface area contributed by atoms with Crippen LogP contribution in [0.5, 0.6) is 0 Å². The van der Waals surface area contributed by atoms with E-state index in [1.807, 2.05) is 24.3 Å². The number of hydrogen-bond donors (Lipinski definition) is 2. The van der Waals surface area contributed by atoms with Crippen molar-refractivity contribution in [2.24, 2.45) is 5.73 Å². The van der Waals surface area contributed by atoms with Crippen LogP contribution in [0.15, 0.2) is 36.4 Å². The molecule has 0 spiro atoms. The van der Waals surface area contributed by atoms with Gasteiger partial charge in [0.1, 0.15) is 4.99 Å². The Morgan fingerprint density at radius 1 is 1.19 bits per heavy atom. The molecule has 0 aliphatic rings. The van der Waals surface area contributed by atoms with Gasteiger partial charge in [0.2, 0.25) is 0 Å². The minimum absolute atomic E-state index is 0.279. The Kier molecular flexibility index (Phi) is 3.99. The minimum Gasteiger partial charge on any atom is -0.389 e. The molecule has 0 unspecified atom stereocenters. The van der Waals surface area contributed by atoms with Gasteiger partial charge in [-0.3, -0.25) is 0 Å². The Bertz CT molecular complexity index is 845. The number of aromatic nitrogens is 1. The van der Waals surface area contributed by atoms with E-state index in [1.165, 1.54) is 11.3 Å². The number of halogens is 2. The van der Waals surface area contributed by atoms with Gasteiger partial charge >= 0.3 is 0 Å². The number of fused-ring (bicyclic) bond motifs is 1. The van der Waals surface area contributed by atoms with Gasteiger partial charge in [0.05, 0.1) is 15.2 Å². The Morgan fingerprint density at radius 3 is 2.71 bits per heavy atom. The van der Waals surface area contributed by atoms with E-state index in [0.717, 1.165) is 21.0 Å². The van der Waals surface area contributed by atoms with Gasteiger partial charge in [-0.05, 0) is 36.4 Å². The zero-order valence-corrected chi connectivity index (χ0v) is 13.7. The fraction of sp³-hybridized carbons (Fsp3) is 0. The number of hydrogen-bond acceptors (Lipinski definition) is 4. The van der Waals surface area contributed by atoms with Crippen LogP contribution in [0, 0.1) is 0 Å². The first-order valence-electron chi connectivity index (χ1n) is 5.95. The molecule has 1 heterocycles. The molecule has 106 valence electrons. The minimum atomic E-state index is 0.279. The molecule has 0 bridgehead atoms. The fourth-order valence-electron chi connectivity index (χ4n) is 1.87. The third-order valence-corrected chi connectivity index (χ3v) is 4.54. The second kappa shape index (κ2) is 5.77. The van der Waals surface area contributed by atoms with Gasteiger partial charge in [-0.15, -0.1) is 0 Å². The van der Waals surface area contributed by atoms with Gasteiger partial charge in [-0.1, -0.05) is 46.8 Å². The Balaban J connectivity index is 1.91. The predicted octanol–water partition coefficient (Wildman–Crippen LogP) is 4.98. The van der Waals surface area contributed by atoms with Crippen molar-refractivity contribution in [2.75, 3.05) is 5.32 Å². The lowest BCUT2D eigenvalue weighted by atomic mass is 10.2. The molecule has 0 fully saturated rings. The highest BCUT2D eigenvalue weighted by atomic mass is 35.5. The Labute approximate surface area is 140 Å². The highest BCUT2D eigenvalue weighted by Gasteiger charge is 2.07. The largest absolute Gasteiger partial charge is 0.389 e. The lowest BCUT2D eigenvalue weighted by molar-refractivity contribution is 1.44. The molecule has 7 heteroatoms. The van der Waals surface area contributed by atoms with E-state index < -0.39 is 0 Å². The molecule has 3 N–H and O–H groups in total. The molecule has 0 aliphatic heterocycles. The zero-order chi connectivity index (χ0) is 15.0. The highest BCUT2D eigenvalue weighted by Crippen LogP contribution is 2.31. The SMILES string of the molecule is NC(=S)c1ccc(Nc2nc3ccc(Cl)cc3s2)cc1Cl. The summed E-state index contributed by atoms with van der Waals surface area (Å²) in [7, 11) is 0. The molecule has 0 amide bonds. The van der Waals surface area contributed by atoms with Crippen molar-refractivity contribution in [3.8, 4) is 0 Å². The van der Waals surface area contributed by atoms with E-state index in [4.69, 9.17) is 41.2 Å². The maximum atomic E-state index is 6.15. The number of nitrogens with zero attached hydrogens (tertiary/aromatic N) is 1. The molecular formula is C14H9Cl2N3S2. The first-order chi connectivity index (χ1) is 10.0. The summed E-state index contributed by atoms with van der Waals surface area (Å²) in [6, 6.07) is 11.0. The Hall–Kier alpha value is -1.40. The summed E-state index contributed by atoms with van der Waals surface area (Å²) in [5, 5.41) is 5.19. The van der Waals surface area contributed by atoms with Gasteiger partial charge in [-0.25, -0.2) is 4.98 Å². The average Bonchev–Trinajstić information content (AvgIpc) is 2.79. The molecule has 0 aliphatic carbocycles. The summed E-state index contributed by atoms with van der Waals surface area (Å²) >= 11 is 18.6. The van der Waals surface area contributed by atoms with Crippen LogP contribution in [0.4, 0.5) is 10.8 Å². The van der Waals surface area contributed by atoms with Crippen LogP contribution in [0.2, 0.25) is 10.0 Å². The predicted molar refractivity (Wildman–Crippen MR) is 95.3 cm³/mol. The first kappa shape index (κ1) is 14.5. The van der Waals surface area contributed by atoms with Crippen molar-refractivity contribution < 1.29 is 0 Å². The fourth-order valence-corrected chi connectivity index (χ4v) is 3.55. The summed E-state index contributed by atoms with van der Waals surface area (Å²) in [5.41, 5.74) is 7.97. The van der Waals surface area contributed by atoms with Gasteiger partial charge in [0.15, 0.2) is 5.13 Å². The van der Waals surface area contributed by atoms with Gasteiger partial charge < -0.3 is 11.1 Å². The molecule has 3 rings (SSSR count). The molecule has 1 aromatic heterocycles. The van der Waals surface area contributed by atoms with Crippen molar-refractivity contribution in [3.63, 3.8) is 0 Å². The summed E-state index contributed by atoms with van der Waals surface area (Å²) in [5.74, 6) is 0. The van der Waals surface area contributed by atoms with Crippen molar-refractivity contribution in [2.45, 2.75) is 0 Å². The monoisotopic (exact) mass is 353 g/mol. The average molecular weight is 354 g/mol. The number of nitrogens with two attached hydrogens (primary N) is 1. The third kappa shape index (κ3) is 3.11. The molecule has 2 aromatic carbocycles. The molecule has 3 aromatic rings. The maximum absolute atomic E-state index is 6.15. The van der Waals surface area contributed by atoms with Gasteiger partial charge in [0.25, 0.3) is 0 Å². The van der Waals surface area contributed by atoms with Crippen LogP contribution in [0.1, 0.15) is 5.56 Å². The standard InChI is InChI=1S/C14H9Cl2N3S2/c15-7-1-4-11-12(5-7)21-14(19-11)18-8-2-3-9(13(17)20)10(16)6-8/h1-6H,(H2,17,20)(H,18,19). The summed E-state index contributed by atoms with van der Waals surface area (Å²) in [6.07, 6.45) is 0. The number of rotatable bonds is 3. The summed E-state index contributed by atoms with van der Waals surface area (Å²) < 4.78 is 1.02. The van der Waals surface area contributed by atoms with Crippen molar-refractivity contribution in [1.82, 2.24) is 4.98 Å². The second-order valence-electron chi connectivity index (χ2n) is 4.31. The van der Waals surface area contributed by atoms with E-state index in [-0.39, 0.29) is 4.99 Å². The molecular weight excluding hydrogens is 345 g/mol. The van der Waals surface area contributed by atoms with Crippen LogP contribution in [0.3, 0.4) is 0 Å². The van der Waals surface area contributed by atoms with Gasteiger partial charge in [0, 0.05) is 16.3 Å². The highest BCUT2D eigenvalue weighted by molar-refractivity contribution is 7.80. The quantitative estimate of drug-likeness (QED) is 0.651. The van der Waals surface area contributed by atoms with Crippen LogP contribution >= 0.6 is 46.8 Å². The van der Waals surface area contributed by atoms with Gasteiger partial charge in [-0.2, -0.15) is 0 Å². The molecule has 0 radical (unpaired) electrons. The van der Waals surface area contributed by atoms with Crippen LogP contribution in [0.25, 0.3) is 10.2 Å². The van der Waals surface area contributed by atoms with Crippen molar-refractivity contribution >= 4 is 72.8 Å². The third-order valence-electron chi connectivity index (χ3n) is 2.84. The number of benzene rings is 2. The summed E-state index contributed by atoms with van der Waals surface area (Å²) in [6.45, 7) is 0. The lowest BCUT2D eigenvalue weighted by Crippen LogP contribution is -2.09. The first-order valence-corrected chi connectivity index (χ1v) is 7.93. The zero-order valence-electron chi connectivity index (χ0n) is 10.6. The number of thiocarbonyl (C=S) groups is 1. The molecule has 0 atom stereocenters. The molecule has 0 saturated carbocycles. The van der Waals surface area contributed by atoms with Crippen molar-refractivity contribution in [1.29, 1.82) is 0 Å². The molecule has 21 heavy (non-hydrogen) atoms. The number of nitrogens with one attached hydrogen (secondary N) is 1. The summed E-state index contributed by atoms with van der Waals surface area (Å²) in [4.78, 5) is 4.77. The Morgan fingerprint density at radius 2 is 2.00 bits per heavy atom. The molecule has 0 saturated heterocycles. The van der Waals surface area contributed by atoms with Crippen LogP contribution in [-0.4, -0.2) is 9.97 Å². The van der Waals surface area contributed by atoms with E-state index in [0.29, 0.717) is 15.6 Å². The van der Waals surface area contributed by atoms with E-state index >= 15 is 0 Å². The molecule has 3 nitrogen and oxygen atoms in total. The van der Waals surface area contributed by atoms with E-state index in [2.05, 4.69) is 10.3 Å². The van der Waals surface area contributed by atoms with Crippen LogP contribution < -0.4 is 11.1 Å². The van der Waals surface area contributed by atoms with E-state index in [9.17, 15) is 0 Å². The maximum Gasteiger partial charge on any atom is 0.188 e. The topological polar surface area (TPSA) is 50.9 Å². The van der Waals surface area contributed by atoms with Crippen molar-refractivity contribution in [3.05, 3.63) is 52.0 Å². The van der Waals surface area contributed by atoms with Crippen LogP contribution in [-0.2, 0) is 0 Å². The lowest BCUT2D eigenvalue weighted by Gasteiger charge is -2.06.